The maximum atomic E-state index is 13.1. The monoisotopic (exact) mass is 565 g/mol. The van der Waals surface area contributed by atoms with E-state index in [1.54, 1.807) is 41.8 Å². The topological polar surface area (TPSA) is 103 Å². The number of thiocarbonyl (C=S) groups is 1. The number of rotatable bonds is 6. The van der Waals surface area contributed by atoms with Crippen molar-refractivity contribution in [2.45, 2.75) is 12.5 Å². The van der Waals surface area contributed by atoms with Gasteiger partial charge in [-0.1, -0.05) is 54.6 Å². The van der Waals surface area contributed by atoms with Gasteiger partial charge in [-0.25, -0.2) is 0 Å². The number of nitrogens with zero attached hydrogens (tertiary/aromatic N) is 2. The number of hydrogen-bond donors (Lipinski definition) is 3. The Morgan fingerprint density at radius 3 is 2.33 bits per heavy atom. The van der Waals surface area contributed by atoms with Gasteiger partial charge in [-0.05, 0) is 64.6 Å². The molecule has 3 aromatic carbocycles. The molecule has 6 rings (SSSR count). The van der Waals surface area contributed by atoms with E-state index in [4.69, 9.17) is 12.2 Å². The Balaban J connectivity index is 1.19. The van der Waals surface area contributed by atoms with Crippen LogP contribution in [-0.4, -0.2) is 45.3 Å². The van der Waals surface area contributed by atoms with E-state index < -0.39 is 11.9 Å². The molecule has 0 unspecified atom stereocenters. The fraction of sp³-hybridized carbons (Fsp3) is 0.100. The molecule has 3 heterocycles. The minimum absolute atomic E-state index is 0.0944. The number of thiophene rings is 1. The lowest BCUT2D eigenvalue weighted by Gasteiger charge is -2.25. The van der Waals surface area contributed by atoms with E-state index in [1.165, 1.54) is 4.90 Å². The van der Waals surface area contributed by atoms with Gasteiger partial charge in [0.15, 0.2) is 5.11 Å². The van der Waals surface area contributed by atoms with Gasteiger partial charge in [0.2, 0.25) is 0 Å². The second-order valence-corrected chi connectivity index (χ2v) is 10.7. The molecular formula is C30H23N5O3S2. The minimum Gasteiger partial charge on any atom is -0.356 e. The highest BCUT2D eigenvalue weighted by Crippen LogP contribution is 2.28. The lowest BCUT2D eigenvalue weighted by Crippen LogP contribution is -2.53. The van der Waals surface area contributed by atoms with E-state index in [9.17, 15) is 14.4 Å². The number of hydrazine groups is 1. The van der Waals surface area contributed by atoms with Crippen LogP contribution in [-0.2, 0) is 6.42 Å². The molecule has 0 saturated carbocycles. The molecule has 0 radical (unpaired) electrons. The van der Waals surface area contributed by atoms with Crippen LogP contribution in [0.3, 0.4) is 0 Å². The molecule has 0 spiro atoms. The average Bonchev–Trinajstić information content (AvgIpc) is 3.50. The highest BCUT2D eigenvalue weighted by molar-refractivity contribution is 7.80. The first-order valence-corrected chi connectivity index (χ1v) is 13.9. The van der Waals surface area contributed by atoms with Crippen molar-refractivity contribution < 1.29 is 14.4 Å². The van der Waals surface area contributed by atoms with E-state index in [1.807, 2.05) is 48.5 Å². The van der Waals surface area contributed by atoms with Crippen LogP contribution in [0.5, 0.6) is 0 Å². The molecule has 0 aliphatic carbocycles. The van der Waals surface area contributed by atoms with Crippen LogP contribution in [0.15, 0.2) is 90.4 Å². The van der Waals surface area contributed by atoms with E-state index >= 15 is 0 Å². The Kier molecular flexibility index (Phi) is 6.93. The molecule has 3 N–H and O–H groups in total. The highest BCUT2D eigenvalue weighted by atomic mass is 32.1. The number of benzene rings is 3. The lowest BCUT2D eigenvalue weighted by molar-refractivity contribution is 0.0641. The van der Waals surface area contributed by atoms with Gasteiger partial charge in [0.1, 0.15) is 5.69 Å². The average molecular weight is 566 g/mol. The van der Waals surface area contributed by atoms with Gasteiger partial charge in [-0.2, -0.15) is 0 Å². The molecule has 10 heteroatoms. The van der Waals surface area contributed by atoms with E-state index in [0.717, 1.165) is 26.4 Å². The first kappa shape index (κ1) is 25.6. The largest absolute Gasteiger partial charge is 0.356 e. The van der Waals surface area contributed by atoms with Gasteiger partial charge >= 0.3 is 0 Å². The summed E-state index contributed by atoms with van der Waals surface area (Å²) in [7, 11) is 0. The van der Waals surface area contributed by atoms with Gasteiger partial charge in [-0.3, -0.25) is 35.1 Å². The zero-order chi connectivity index (χ0) is 27.6. The Labute approximate surface area is 239 Å². The van der Waals surface area contributed by atoms with Crippen molar-refractivity contribution in [2.75, 3.05) is 6.54 Å². The summed E-state index contributed by atoms with van der Waals surface area (Å²) in [4.78, 5) is 44.6. The third kappa shape index (κ3) is 4.90. The van der Waals surface area contributed by atoms with Crippen LogP contribution in [0, 0.1) is 0 Å². The highest BCUT2D eigenvalue weighted by Gasteiger charge is 2.36. The number of hydrogen-bond acceptors (Lipinski definition) is 6. The van der Waals surface area contributed by atoms with Crippen LogP contribution < -0.4 is 16.2 Å². The Hall–Kier alpha value is -4.67. The molecule has 3 amide bonds. The second kappa shape index (κ2) is 10.8. The third-order valence-corrected chi connectivity index (χ3v) is 8.05. The number of amides is 3. The molecule has 0 fully saturated rings. The first-order valence-electron chi connectivity index (χ1n) is 12.6. The predicted octanol–water partition coefficient (Wildman–Crippen LogP) is 4.47. The Morgan fingerprint density at radius 2 is 1.55 bits per heavy atom. The molecule has 1 aliphatic rings. The zero-order valence-electron chi connectivity index (χ0n) is 21.1. The van der Waals surface area contributed by atoms with Crippen molar-refractivity contribution >= 4 is 67.2 Å². The summed E-state index contributed by atoms with van der Waals surface area (Å²) in [5, 5.41) is 8.15. The summed E-state index contributed by atoms with van der Waals surface area (Å²) in [6, 6.07) is 23.8. The van der Waals surface area contributed by atoms with Crippen LogP contribution in [0.1, 0.15) is 36.8 Å². The SMILES string of the molecule is O=C(NNC(=S)N[C@@H](Cc1csc2ccccc12)CN1C(=O)c2ccccc2C1=O)c1nccc2ccccc12. The number of carbonyl (C=O) groups is 3. The number of aromatic nitrogens is 1. The van der Waals surface area contributed by atoms with Crippen LogP contribution >= 0.6 is 23.6 Å². The molecule has 1 aliphatic heterocycles. The van der Waals surface area contributed by atoms with Gasteiger partial charge < -0.3 is 5.32 Å². The lowest BCUT2D eigenvalue weighted by atomic mass is 10.0. The third-order valence-electron chi connectivity index (χ3n) is 6.82. The van der Waals surface area contributed by atoms with Gasteiger partial charge in [0.25, 0.3) is 17.7 Å². The van der Waals surface area contributed by atoms with Crippen molar-refractivity contribution in [3.05, 3.63) is 113 Å². The molecule has 0 bridgehead atoms. The number of carbonyl (C=O) groups excluding carboxylic acids is 3. The molecule has 1 atom stereocenters. The summed E-state index contributed by atoms with van der Waals surface area (Å²) in [6.07, 6.45) is 2.08. The van der Waals surface area contributed by atoms with Crippen molar-refractivity contribution in [1.82, 2.24) is 26.1 Å². The molecule has 5 aromatic rings. The number of pyridine rings is 1. The molecule has 2 aromatic heterocycles. The zero-order valence-corrected chi connectivity index (χ0v) is 22.7. The van der Waals surface area contributed by atoms with Crippen LogP contribution in [0.2, 0.25) is 0 Å². The molecule has 0 saturated heterocycles. The van der Waals surface area contributed by atoms with E-state index in [2.05, 4.69) is 32.6 Å². The van der Waals surface area contributed by atoms with Crippen LogP contribution in [0.25, 0.3) is 20.9 Å². The maximum absolute atomic E-state index is 13.1. The summed E-state index contributed by atoms with van der Waals surface area (Å²) in [5.74, 6) is -1.12. The fourth-order valence-corrected chi connectivity index (χ4v) is 6.13. The Morgan fingerprint density at radius 1 is 0.875 bits per heavy atom. The molecule has 198 valence electrons. The normalized spacial score (nSPS) is 13.3. The summed E-state index contributed by atoms with van der Waals surface area (Å²) < 4.78 is 1.15. The summed E-state index contributed by atoms with van der Waals surface area (Å²) in [6.45, 7) is 0.0944. The quantitative estimate of drug-likeness (QED) is 0.159. The smallest absolute Gasteiger partial charge is 0.288 e. The van der Waals surface area contributed by atoms with Crippen molar-refractivity contribution in [3.63, 3.8) is 0 Å². The van der Waals surface area contributed by atoms with E-state index in [0.29, 0.717) is 17.5 Å². The van der Waals surface area contributed by atoms with Crippen molar-refractivity contribution in [1.29, 1.82) is 0 Å². The van der Waals surface area contributed by atoms with Gasteiger partial charge in [0, 0.05) is 22.8 Å². The predicted molar refractivity (Wildman–Crippen MR) is 159 cm³/mol. The number of nitrogens with one attached hydrogen (secondary N) is 3. The summed E-state index contributed by atoms with van der Waals surface area (Å²) in [5.41, 5.74) is 7.48. The van der Waals surface area contributed by atoms with Crippen LogP contribution in [0.4, 0.5) is 0 Å². The van der Waals surface area contributed by atoms with E-state index in [-0.39, 0.29) is 29.2 Å². The maximum Gasteiger partial charge on any atom is 0.288 e. The number of imide groups is 1. The van der Waals surface area contributed by atoms with Gasteiger partial charge in [0.05, 0.1) is 17.2 Å². The van der Waals surface area contributed by atoms with Gasteiger partial charge in [-0.15, -0.1) is 11.3 Å². The minimum atomic E-state index is -0.443. The second-order valence-electron chi connectivity index (χ2n) is 9.36. The molecule has 8 nitrogen and oxygen atoms in total. The fourth-order valence-electron chi connectivity index (χ4n) is 4.94. The standard InChI is InChI=1S/C30H23N5O3S2/c36-27(26-22-9-2-1-7-18(22)13-14-31-26)33-34-30(39)32-20(15-19-17-40-25-12-6-5-8-21(19)25)16-35-28(37)23-10-3-4-11-24(23)29(35)38/h1-14,17,20H,15-16H2,(H,33,36)(H2,32,34,39)/t20-/m0/s1. The number of fused-ring (bicyclic) bond motifs is 3. The first-order chi connectivity index (χ1) is 19.5. The van der Waals surface area contributed by atoms with Crippen molar-refractivity contribution in [2.24, 2.45) is 0 Å². The molecule has 40 heavy (non-hydrogen) atoms. The van der Waals surface area contributed by atoms with Crippen molar-refractivity contribution in [3.8, 4) is 0 Å². The molecular weight excluding hydrogens is 542 g/mol. The Bertz CT molecular complexity index is 1760. The summed E-state index contributed by atoms with van der Waals surface area (Å²) >= 11 is 7.15.